The second-order valence-corrected chi connectivity index (χ2v) is 25.7. The Morgan fingerprint density at radius 3 is 1.18 bits per heavy atom. The summed E-state index contributed by atoms with van der Waals surface area (Å²) in [5.41, 5.74) is 17.1. The molecule has 0 saturated heterocycles. The van der Waals surface area contributed by atoms with Crippen molar-refractivity contribution in [2.24, 2.45) is 11.8 Å². The second-order valence-electron chi connectivity index (χ2n) is 25.7. The Bertz CT molecular complexity index is 6170. The molecule has 0 N–H and O–H groups in total. The lowest BCUT2D eigenvalue weighted by Crippen LogP contribution is -2.55. The number of para-hydroxylation sites is 2. The largest absolute Gasteiger partial charge is 0.315 e. The van der Waals surface area contributed by atoms with E-state index in [0.717, 1.165) is 17.1 Å². The normalized spacial score (nSPS) is 15.2. The lowest BCUT2D eigenvalue weighted by Gasteiger charge is -2.44. The van der Waals surface area contributed by atoms with Crippen molar-refractivity contribution in [3.8, 4) is 16.8 Å². The van der Waals surface area contributed by atoms with Crippen molar-refractivity contribution >= 4 is 161 Å². The third-order valence-electron chi connectivity index (χ3n) is 21.2. The maximum atomic E-state index is 2.71. The molecule has 4 aliphatic rings. The van der Waals surface area contributed by atoms with Gasteiger partial charge >= 0.3 is 0 Å². The highest BCUT2D eigenvalue weighted by molar-refractivity contribution is 6.95. The predicted octanol–water partition coefficient (Wildman–Crippen LogP) is 19.8. The number of benzene rings is 16. The molecule has 92 heavy (non-hydrogen) atoms. The molecule has 0 fully saturated rings. The number of hydrogen-bond acceptors (Lipinski definition) is 2. The molecule has 1 aromatic heterocycles. The minimum Gasteiger partial charge on any atom is -0.315 e. The zero-order valence-corrected chi connectivity index (χ0v) is 50.1. The predicted molar refractivity (Wildman–Crippen MR) is 392 cm³/mol. The summed E-state index contributed by atoms with van der Waals surface area (Å²) in [6.45, 7) is -0.129. The van der Waals surface area contributed by atoms with Gasteiger partial charge in [0, 0.05) is 62.4 Å². The summed E-state index contributed by atoms with van der Waals surface area (Å²) < 4.78 is 2.50. The fraction of sp³-hybridized carbons (Fsp3) is 0.0227. The van der Waals surface area contributed by atoms with Crippen LogP contribution in [0.2, 0.25) is 0 Å². The van der Waals surface area contributed by atoms with Crippen LogP contribution in [0.3, 0.4) is 0 Å². The van der Waals surface area contributed by atoms with Crippen LogP contribution < -0.4 is 31.2 Å². The van der Waals surface area contributed by atoms with Crippen LogP contribution in [0.1, 0.15) is 0 Å². The molecule has 0 saturated carbocycles. The molecule has 3 heterocycles. The molecule has 1 unspecified atom stereocenters. The third kappa shape index (κ3) is 6.90. The van der Waals surface area contributed by atoms with Crippen LogP contribution in [0, 0.1) is 11.8 Å². The summed E-state index contributed by atoms with van der Waals surface area (Å²) in [5, 5.41) is 25.5. The van der Waals surface area contributed by atoms with E-state index in [1.807, 2.05) is 0 Å². The Kier molecular flexibility index (Phi) is 10.3. The lowest BCUT2D eigenvalue weighted by molar-refractivity contribution is 0.692. The van der Waals surface area contributed by atoms with Gasteiger partial charge in [-0.3, -0.25) is 0 Å². The number of hydrogen-bond donors (Lipinski definition) is 0. The summed E-state index contributed by atoms with van der Waals surface area (Å²) in [6.07, 6.45) is 7.96. The van der Waals surface area contributed by atoms with Crippen molar-refractivity contribution in [3.05, 3.63) is 331 Å². The van der Waals surface area contributed by atoms with Crippen LogP contribution in [-0.4, -0.2) is 11.3 Å². The van der Waals surface area contributed by atoms with Gasteiger partial charge in [-0.1, -0.05) is 261 Å². The molecule has 0 radical (unpaired) electrons. The molecule has 424 valence electrons. The zero-order chi connectivity index (χ0) is 59.9. The molecule has 4 heteroatoms. The quantitative estimate of drug-likeness (QED) is 0.126. The van der Waals surface area contributed by atoms with Crippen molar-refractivity contribution in [1.29, 1.82) is 0 Å². The Hall–Kier alpha value is -11.7. The van der Waals surface area contributed by atoms with E-state index in [1.54, 1.807) is 0 Å². The Balaban J connectivity index is 0.900. The van der Waals surface area contributed by atoms with Crippen molar-refractivity contribution in [1.82, 2.24) is 4.57 Å². The molecule has 17 aromatic rings. The van der Waals surface area contributed by atoms with E-state index < -0.39 is 0 Å². The molecular formula is C88H54BN3. The number of allylic oxidation sites excluding steroid dienone is 2. The van der Waals surface area contributed by atoms with Crippen LogP contribution in [0.5, 0.6) is 0 Å². The van der Waals surface area contributed by atoms with Gasteiger partial charge in [-0.05, 0) is 179 Å². The fourth-order valence-corrected chi connectivity index (χ4v) is 17.4. The monoisotopic (exact) mass is 1160 g/mol. The van der Waals surface area contributed by atoms with E-state index in [9.17, 15) is 0 Å². The first-order chi connectivity index (χ1) is 45.7. The minimum absolute atomic E-state index is 0.00312. The molecule has 0 bridgehead atoms. The average molecular weight is 1160 g/mol. The molecular weight excluding hydrogens is 1110 g/mol. The minimum atomic E-state index is -0.129. The molecule has 0 spiro atoms. The Morgan fingerprint density at radius 1 is 0.261 bits per heavy atom. The highest BCUT2D eigenvalue weighted by Gasteiger charge is 2.51. The Labute approximate surface area is 530 Å². The zero-order valence-electron chi connectivity index (χ0n) is 50.1. The topological polar surface area (TPSA) is 11.4 Å². The molecule has 1 atom stereocenters. The lowest BCUT2D eigenvalue weighted by atomic mass is 9.32. The van der Waals surface area contributed by atoms with Gasteiger partial charge in [0.15, 0.2) is 0 Å². The van der Waals surface area contributed by atoms with Crippen LogP contribution in [0.25, 0.3) is 137 Å². The van der Waals surface area contributed by atoms with Gasteiger partial charge in [-0.25, -0.2) is 0 Å². The van der Waals surface area contributed by atoms with Crippen LogP contribution in [-0.2, 0) is 0 Å². The molecule has 0 amide bonds. The first-order valence-corrected chi connectivity index (χ1v) is 32.3. The van der Waals surface area contributed by atoms with Crippen LogP contribution >= 0.6 is 0 Å². The smallest absolute Gasteiger partial charge is 0.251 e. The van der Waals surface area contributed by atoms with Gasteiger partial charge in [0.2, 0.25) is 0 Å². The number of aromatic nitrogens is 1. The Morgan fingerprint density at radius 2 is 0.674 bits per heavy atom. The summed E-state index contributed by atoms with van der Waals surface area (Å²) >= 11 is 0. The standard InChI is InChI=1S/C88H54BN3/c1-2-20-53(21-3-1)54-38-45-84-81(48-54)89-80-44-41-58(90-82-36-18-16-34-73(82)74-35-17-19-37-83(74)90)51-85(80)91(56-39-42-71-65-28-6-4-22-59(65)61-24-10-14-32-69(61)78(71)49-56)86-52-75(55-46-76-67-30-12-8-26-63(67)64-27-9-13-31-68(64)77(76)47-55)88(87(86)89)92(84)57-40-43-72-66-29-7-5-23-60(66)62-25-11-15-33-70(62)79(72)50-57/h1-52,55,75H. The van der Waals surface area contributed by atoms with Crippen LogP contribution in [0.4, 0.5) is 22.7 Å². The number of fused-ring (bicyclic) bond motifs is 25. The van der Waals surface area contributed by atoms with Crippen molar-refractivity contribution in [2.45, 2.75) is 0 Å². The SMILES string of the molecule is C1=C2C3=C(C1C1C=c4c(c5ccccc5c5ccccc45)=C1)N(c1ccc4c5ccccc5c5ccccc5c4c1)c1ccc(-c4ccccc4)cc1B3c1ccc(-n3c4ccccc4c4ccccc43)cc1N2c1ccc2c3ccccc3c3ccccc3c2c1. The molecule has 3 nitrogen and oxygen atoms in total. The summed E-state index contributed by atoms with van der Waals surface area (Å²) in [4.78, 5) is 5.39. The van der Waals surface area contributed by atoms with Gasteiger partial charge < -0.3 is 14.4 Å². The first kappa shape index (κ1) is 50.2. The second kappa shape index (κ2) is 18.9. The molecule has 16 aromatic carbocycles. The number of rotatable bonds is 5. The van der Waals surface area contributed by atoms with Crippen molar-refractivity contribution in [2.75, 3.05) is 9.80 Å². The fourth-order valence-electron chi connectivity index (χ4n) is 17.4. The first-order valence-electron chi connectivity index (χ1n) is 32.3. The number of anilines is 4. The maximum Gasteiger partial charge on any atom is 0.251 e. The van der Waals surface area contributed by atoms with Gasteiger partial charge in [0.05, 0.1) is 11.0 Å². The van der Waals surface area contributed by atoms with Gasteiger partial charge in [-0.15, -0.1) is 0 Å². The summed E-state index contributed by atoms with van der Waals surface area (Å²) in [6, 6.07) is 112. The van der Waals surface area contributed by atoms with E-state index in [2.05, 4.69) is 330 Å². The van der Waals surface area contributed by atoms with E-state index in [-0.39, 0.29) is 18.5 Å². The van der Waals surface area contributed by atoms with Crippen molar-refractivity contribution in [3.63, 3.8) is 0 Å². The van der Waals surface area contributed by atoms with E-state index in [0.29, 0.717) is 0 Å². The highest BCUT2D eigenvalue weighted by Crippen LogP contribution is 2.55. The summed E-state index contributed by atoms with van der Waals surface area (Å²) in [7, 11) is 0. The third-order valence-corrected chi connectivity index (χ3v) is 21.2. The average Bonchev–Trinajstić information content (AvgIpc) is 1.37. The van der Waals surface area contributed by atoms with E-state index in [4.69, 9.17) is 0 Å². The maximum absolute atomic E-state index is 2.71. The van der Waals surface area contributed by atoms with E-state index in [1.165, 1.54) is 169 Å². The van der Waals surface area contributed by atoms with Crippen molar-refractivity contribution < 1.29 is 0 Å². The molecule has 2 aliphatic carbocycles. The van der Waals surface area contributed by atoms with Gasteiger partial charge in [-0.2, -0.15) is 0 Å². The van der Waals surface area contributed by atoms with Gasteiger partial charge in [0.1, 0.15) is 0 Å². The molecule has 2 aliphatic heterocycles. The molecule has 21 rings (SSSR count). The number of nitrogens with zero attached hydrogens (tertiary/aromatic N) is 3. The van der Waals surface area contributed by atoms with E-state index >= 15 is 0 Å². The van der Waals surface area contributed by atoms with Gasteiger partial charge in [0.25, 0.3) is 6.71 Å². The summed E-state index contributed by atoms with van der Waals surface area (Å²) in [5.74, 6) is -0.0827. The van der Waals surface area contributed by atoms with Crippen LogP contribution in [0.15, 0.2) is 320 Å². The highest BCUT2D eigenvalue weighted by atomic mass is 15.2.